The molecular weight excluding hydrogens is 236 g/mol. The predicted octanol–water partition coefficient (Wildman–Crippen LogP) is -0.266. The Kier molecular flexibility index (Phi) is 3.87. The summed E-state index contributed by atoms with van der Waals surface area (Å²) in [7, 11) is 0. The van der Waals surface area contributed by atoms with Gasteiger partial charge in [0.25, 0.3) is 0 Å². The first-order valence-corrected chi connectivity index (χ1v) is 6.39. The van der Waals surface area contributed by atoms with Gasteiger partial charge in [-0.3, -0.25) is 9.59 Å². The van der Waals surface area contributed by atoms with Crippen molar-refractivity contribution in [3.63, 3.8) is 0 Å². The molecule has 2 rings (SSSR count). The summed E-state index contributed by atoms with van der Waals surface area (Å²) < 4.78 is 5.21. The van der Waals surface area contributed by atoms with Gasteiger partial charge in [-0.05, 0) is 26.3 Å². The molecule has 2 fully saturated rings. The smallest absolute Gasteiger partial charge is 0.313 e. The number of carboxylic acid groups (broad SMARTS) is 1. The van der Waals surface area contributed by atoms with Crippen molar-refractivity contribution in [2.45, 2.75) is 38.3 Å². The maximum Gasteiger partial charge on any atom is 0.313 e. The Hall–Kier alpha value is -1.14. The zero-order valence-corrected chi connectivity index (χ0v) is 10.6. The summed E-state index contributed by atoms with van der Waals surface area (Å²) in [6.45, 7) is 2.86. The minimum absolute atomic E-state index is 0.113. The van der Waals surface area contributed by atoms with E-state index < -0.39 is 17.4 Å². The van der Waals surface area contributed by atoms with Gasteiger partial charge >= 0.3 is 5.97 Å². The third-order valence-corrected chi connectivity index (χ3v) is 3.89. The second-order valence-corrected chi connectivity index (χ2v) is 5.30. The molecule has 3 unspecified atom stereocenters. The van der Waals surface area contributed by atoms with Gasteiger partial charge in [-0.15, -0.1) is 0 Å². The van der Waals surface area contributed by atoms with Crippen LogP contribution < -0.4 is 10.6 Å². The van der Waals surface area contributed by atoms with E-state index >= 15 is 0 Å². The van der Waals surface area contributed by atoms with Gasteiger partial charge in [-0.1, -0.05) is 6.42 Å². The maximum absolute atomic E-state index is 12.0. The number of hydrogen-bond acceptors (Lipinski definition) is 4. The van der Waals surface area contributed by atoms with Crippen molar-refractivity contribution in [2.24, 2.45) is 5.41 Å². The second kappa shape index (κ2) is 5.24. The molecular formula is C12H20N2O4. The summed E-state index contributed by atoms with van der Waals surface area (Å²) in [5, 5.41) is 15.2. The van der Waals surface area contributed by atoms with E-state index in [0.29, 0.717) is 0 Å². The quantitative estimate of drug-likeness (QED) is 0.647. The van der Waals surface area contributed by atoms with Gasteiger partial charge in [0.2, 0.25) is 5.91 Å². The number of carbonyl (C=O) groups is 2. The summed E-state index contributed by atoms with van der Waals surface area (Å²) in [5.41, 5.74) is -1.02. The van der Waals surface area contributed by atoms with Gasteiger partial charge in [0.1, 0.15) is 5.41 Å². The third kappa shape index (κ3) is 2.49. The lowest BCUT2D eigenvalue weighted by atomic mass is 9.85. The average molecular weight is 256 g/mol. The van der Waals surface area contributed by atoms with Crippen LogP contribution in [0.2, 0.25) is 0 Å². The van der Waals surface area contributed by atoms with Gasteiger partial charge in [0.15, 0.2) is 0 Å². The Morgan fingerprint density at radius 1 is 1.44 bits per heavy atom. The molecule has 2 aliphatic heterocycles. The van der Waals surface area contributed by atoms with Crippen LogP contribution in [-0.2, 0) is 14.3 Å². The fraction of sp³-hybridized carbons (Fsp3) is 0.833. The highest BCUT2D eigenvalue weighted by Crippen LogP contribution is 2.28. The molecule has 0 aromatic carbocycles. The maximum atomic E-state index is 12.0. The van der Waals surface area contributed by atoms with E-state index in [-0.39, 0.29) is 25.2 Å². The molecule has 2 heterocycles. The molecule has 0 saturated carbocycles. The molecule has 102 valence electrons. The van der Waals surface area contributed by atoms with E-state index in [4.69, 9.17) is 4.74 Å². The minimum Gasteiger partial charge on any atom is -0.481 e. The zero-order chi connectivity index (χ0) is 13.2. The third-order valence-electron chi connectivity index (χ3n) is 3.89. The first-order valence-electron chi connectivity index (χ1n) is 6.39. The van der Waals surface area contributed by atoms with Crippen LogP contribution in [0, 0.1) is 5.41 Å². The van der Waals surface area contributed by atoms with Gasteiger partial charge in [0, 0.05) is 0 Å². The number of carbonyl (C=O) groups excluding carboxylic acids is 1. The molecule has 0 spiro atoms. The van der Waals surface area contributed by atoms with E-state index in [2.05, 4.69) is 10.6 Å². The van der Waals surface area contributed by atoms with Gasteiger partial charge in [0.05, 0.1) is 25.3 Å². The first kappa shape index (κ1) is 13.3. The van der Waals surface area contributed by atoms with Crippen molar-refractivity contribution in [1.82, 2.24) is 10.6 Å². The number of nitrogens with one attached hydrogen (secondary N) is 2. The number of aliphatic carboxylic acids is 1. The zero-order valence-electron chi connectivity index (χ0n) is 10.6. The lowest BCUT2D eigenvalue weighted by Gasteiger charge is -2.29. The minimum atomic E-state index is -1.02. The number of piperidine rings is 1. The Morgan fingerprint density at radius 3 is 2.83 bits per heavy atom. The number of rotatable bonds is 3. The van der Waals surface area contributed by atoms with Crippen LogP contribution in [0.15, 0.2) is 0 Å². The molecule has 0 radical (unpaired) electrons. The van der Waals surface area contributed by atoms with E-state index in [0.717, 1.165) is 25.8 Å². The van der Waals surface area contributed by atoms with Crippen molar-refractivity contribution in [3.05, 3.63) is 0 Å². The van der Waals surface area contributed by atoms with Crippen LogP contribution in [0.1, 0.15) is 26.2 Å². The number of hydrogen-bond donors (Lipinski definition) is 3. The summed E-state index contributed by atoms with van der Waals surface area (Å²) in [6, 6.07) is -0.649. The SMILES string of the molecule is CC1(C(=O)O)COCC1NC(=O)C1CCCCN1. The molecule has 0 aliphatic carbocycles. The fourth-order valence-corrected chi connectivity index (χ4v) is 2.43. The molecule has 0 bridgehead atoms. The van der Waals surface area contributed by atoms with Gasteiger partial charge in [-0.25, -0.2) is 0 Å². The molecule has 0 aromatic heterocycles. The van der Waals surface area contributed by atoms with Crippen molar-refractivity contribution < 1.29 is 19.4 Å². The lowest BCUT2D eigenvalue weighted by molar-refractivity contribution is -0.149. The van der Waals surface area contributed by atoms with Crippen LogP contribution in [0.25, 0.3) is 0 Å². The van der Waals surface area contributed by atoms with Crippen molar-refractivity contribution >= 4 is 11.9 Å². The second-order valence-electron chi connectivity index (χ2n) is 5.30. The Balaban J connectivity index is 1.95. The predicted molar refractivity (Wildman–Crippen MR) is 64.1 cm³/mol. The van der Waals surface area contributed by atoms with Crippen molar-refractivity contribution in [3.8, 4) is 0 Å². The summed E-state index contributed by atoms with van der Waals surface area (Å²) in [5.74, 6) is -1.04. The molecule has 2 aliphatic rings. The monoisotopic (exact) mass is 256 g/mol. The highest BCUT2D eigenvalue weighted by atomic mass is 16.5. The molecule has 3 N–H and O–H groups in total. The lowest BCUT2D eigenvalue weighted by Crippen LogP contribution is -2.55. The van der Waals surface area contributed by atoms with Gasteiger partial charge in [-0.2, -0.15) is 0 Å². The average Bonchev–Trinajstić information content (AvgIpc) is 2.73. The summed E-state index contributed by atoms with van der Waals surface area (Å²) in [4.78, 5) is 23.3. The highest BCUT2D eigenvalue weighted by Gasteiger charge is 2.47. The fourth-order valence-electron chi connectivity index (χ4n) is 2.43. The van der Waals surface area contributed by atoms with Crippen molar-refractivity contribution in [1.29, 1.82) is 0 Å². The first-order chi connectivity index (χ1) is 8.54. The standard InChI is InChI=1S/C12H20N2O4/c1-12(11(16)17)7-18-6-9(12)14-10(15)8-4-2-3-5-13-8/h8-9,13H,2-7H2,1H3,(H,14,15)(H,16,17). The highest BCUT2D eigenvalue weighted by molar-refractivity contribution is 5.84. The van der Waals surface area contributed by atoms with Crippen LogP contribution in [0.3, 0.4) is 0 Å². The number of ether oxygens (including phenoxy) is 1. The molecule has 6 heteroatoms. The van der Waals surface area contributed by atoms with Crippen LogP contribution in [0.4, 0.5) is 0 Å². The molecule has 6 nitrogen and oxygen atoms in total. The molecule has 2 saturated heterocycles. The van der Waals surface area contributed by atoms with E-state index in [1.54, 1.807) is 6.92 Å². The van der Waals surface area contributed by atoms with Crippen LogP contribution in [-0.4, -0.2) is 48.8 Å². The van der Waals surface area contributed by atoms with E-state index in [1.807, 2.05) is 0 Å². The van der Waals surface area contributed by atoms with E-state index in [1.165, 1.54) is 0 Å². The van der Waals surface area contributed by atoms with E-state index in [9.17, 15) is 14.7 Å². The topological polar surface area (TPSA) is 87.7 Å². The normalized spacial score (nSPS) is 36.3. The van der Waals surface area contributed by atoms with Crippen LogP contribution >= 0.6 is 0 Å². The summed E-state index contributed by atoms with van der Waals surface area (Å²) >= 11 is 0. The Bertz CT molecular complexity index is 341. The largest absolute Gasteiger partial charge is 0.481 e. The Morgan fingerprint density at radius 2 is 2.22 bits per heavy atom. The molecule has 1 amide bonds. The van der Waals surface area contributed by atoms with Crippen LogP contribution in [0.5, 0.6) is 0 Å². The van der Waals surface area contributed by atoms with Gasteiger partial charge < -0.3 is 20.5 Å². The van der Waals surface area contributed by atoms with Crippen molar-refractivity contribution in [2.75, 3.05) is 19.8 Å². The molecule has 3 atom stereocenters. The molecule has 0 aromatic rings. The summed E-state index contributed by atoms with van der Waals surface area (Å²) in [6.07, 6.45) is 2.93. The Labute approximate surface area is 106 Å². The number of amides is 1. The number of carboxylic acids is 1. The molecule has 18 heavy (non-hydrogen) atoms.